The zero-order chi connectivity index (χ0) is 32.8. The smallest absolute Gasteiger partial charge is 0.312 e. The lowest BCUT2D eigenvalue weighted by Crippen LogP contribution is -2.39. The summed E-state index contributed by atoms with van der Waals surface area (Å²) in [5.74, 6) is -1.62. The Labute approximate surface area is 257 Å². The van der Waals surface area contributed by atoms with E-state index in [1.807, 2.05) is 26.0 Å². The molecule has 0 saturated carbocycles. The Morgan fingerprint density at radius 3 is 2.12 bits per heavy atom. The van der Waals surface area contributed by atoms with Crippen LogP contribution in [0.25, 0.3) is 0 Å². The van der Waals surface area contributed by atoms with E-state index in [4.69, 9.17) is 5.73 Å². The van der Waals surface area contributed by atoms with E-state index in [-0.39, 0.29) is 42.3 Å². The highest BCUT2D eigenvalue weighted by atomic mass is 31.0. The number of nitrogens with one attached hydrogen (secondary N) is 4. The van der Waals surface area contributed by atoms with Gasteiger partial charge in [0.25, 0.3) is 5.91 Å². The average Bonchev–Trinajstić information content (AvgIpc) is 2.99. The second-order valence-electron chi connectivity index (χ2n) is 10.1. The number of amides is 7. The van der Waals surface area contributed by atoms with Crippen LogP contribution in [0.5, 0.6) is 0 Å². The fourth-order valence-electron chi connectivity index (χ4n) is 3.45. The third-order valence-electron chi connectivity index (χ3n) is 6.17. The predicted octanol–water partition coefficient (Wildman–Crippen LogP) is 3.18. The predicted molar refractivity (Wildman–Crippen MR) is 172 cm³/mol. The van der Waals surface area contributed by atoms with Gasteiger partial charge in [0.1, 0.15) is 5.70 Å². The molecule has 0 fully saturated rings. The number of anilines is 1. The molecule has 0 aliphatic rings. The maximum Gasteiger partial charge on any atom is 0.312 e. The Balaban J connectivity index is 0.00000223. The summed E-state index contributed by atoms with van der Waals surface area (Å²) in [6.45, 7) is 9.81. The number of carbonyl (C=O) groups is 6. The van der Waals surface area contributed by atoms with Crippen molar-refractivity contribution in [2.45, 2.75) is 79.3 Å². The van der Waals surface area contributed by atoms with Crippen LogP contribution in [0.4, 0.5) is 10.5 Å². The maximum atomic E-state index is 12.6. The third kappa shape index (κ3) is 17.7. The molecule has 1 aromatic rings. The van der Waals surface area contributed by atoms with E-state index >= 15 is 0 Å². The lowest BCUT2D eigenvalue weighted by Gasteiger charge is -2.18. The molecule has 0 aliphatic heterocycles. The largest absolute Gasteiger partial charge is 0.352 e. The molecular weight excluding hydrogens is 571 g/mol. The summed E-state index contributed by atoms with van der Waals surface area (Å²) < 4.78 is 0. The first kappa shape index (κ1) is 39.2. The Kier molecular flexibility index (Phi) is 20.8. The van der Waals surface area contributed by atoms with Crippen molar-refractivity contribution in [3.8, 4) is 0 Å². The van der Waals surface area contributed by atoms with Gasteiger partial charge in [-0.25, -0.2) is 4.79 Å². The molecule has 0 saturated heterocycles. The number of hydrogen-bond acceptors (Lipinski definition) is 6. The summed E-state index contributed by atoms with van der Waals surface area (Å²) in [4.78, 5) is 71.4. The summed E-state index contributed by atoms with van der Waals surface area (Å²) in [6, 6.07) is 6.95. The number of hydrogen-bond donors (Lipinski definition) is 5. The van der Waals surface area contributed by atoms with E-state index in [2.05, 4.69) is 30.5 Å². The van der Waals surface area contributed by atoms with Gasteiger partial charge in [0.15, 0.2) is 0 Å². The first-order chi connectivity index (χ1) is 20.4. The van der Waals surface area contributed by atoms with Crippen molar-refractivity contribution in [3.63, 3.8) is 0 Å². The Morgan fingerprint density at radius 2 is 1.63 bits per heavy atom. The SMILES string of the molecule is CCC(C)C(=O)N(C=O)CCCCCC(=O)NC(C(=O)NCC(=O)Nc1ccc(CP)cc1)=C(C)C.CCCNC(N)=O. The van der Waals surface area contributed by atoms with Crippen LogP contribution >= 0.6 is 9.24 Å². The van der Waals surface area contributed by atoms with Crippen molar-refractivity contribution in [2.75, 3.05) is 25.0 Å². The minimum atomic E-state index is -0.540. The van der Waals surface area contributed by atoms with Crippen LogP contribution in [0.15, 0.2) is 35.5 Å². The van der Waals surface area contributed by atoms with Gasteiger partial charge in [-0.05, 0) is 69.0 Å². The Hall–Kier alpha value is -3.79. The molecule has 13 heteroatoms. The van der Waals surface area contributed by atoms with Gasteiger partial charge >= 0.3 is 6.03 Å². The van der Waals surface area contributed by atoms with Crippen molar-refractivity contribution < 1.29 is 28.8 Å². The van der Waals surface area contributed by atoms with Gasteiger partial charge in [0.05, 0.1) is 6.54 Å². The van der Waals surface area contributed by atoms with Gasteiger partial charge < -0.3 is 27.0 Å². The molecule has 2 atom stereocenters. The molecule has 240 valence electrons. The zero-order valence-corrected chi connectivity index (χ0v) is 27.2. The minimum absolute atomic E-state index is 0.115. The van der Waals surface area contributed by atoms with Crippen LogP contribution in [-0.4, -0.2) is 60.6 Å². The second kappa shape index (κ2) is 22.8. The molecule has 0 radical (unpaired) electrons. The highest BCUT2D eigenvalue weighted by Gasteiger charge is 2.18. The van der Waals surface area contributed by atoms with E-state index in [0.29, 0.717) is 56.4 Å². The number of unbranched alkanes of at least 4 members (excludes halogenated alkanes) is 2. The van der Waals surface area contributed by atoms with E-state index in [0.717, 1.165) is 18.1 Å². The number of imide groups is 1. The number of benzene rings is 1. The summed E-state index contributed by atoms with van der Waals surface area (Å²) in [5, 5.41) is 10.3. The topological polar surface area (TPSA) is 180 Å². The molecule has 0 aromatic heterocycles. The van der Waals surface area contributed by atoms with Gasteiger partial charge in [0, 0.05) is 31.1 Å². The molecule has 43 heavy (non-hydrogen) atoms. The van der Waals surface area contributed by atoms with Crippen LogP contribution in [0.1, 0.15) is 78.7 Å². The molecule has 12 nitrogen and oxygen atoms in total. The van der Waals surface area contributed by atoms with Crippen LogP contribution in [-0.2, 0) is 30.1 Å². The van der Waals surface area contributed by atoms with E-state index in [9.17, 15) is 28.8 Å². The Bertz CT molecular complexity index is 1090. The zero-order valence-electron chi connectivity index (χ0n) is 26.1. The first-order valence-corrected chi connectivity index (χ1v) is 15.3. The highest BCUT2D eigenvalue weighted by molar-refractivity contribution is 7.15. The number of rotatable bonds is 17. The van der Waals surface area contributed by atoms with Crippen molar-refractivity contribution in [2.24, 2.45) is 11.7 Å². The normalized spacial score (nSPS) is 10.7. The van der Waals surface area contributed by atoms with E-state index in [1.165, 1.54) is 4.90 Å². The quantitative estimate of drug-likeness (QED) is 0.0772. The molecule has 0 aliphatic carbocycles. The summed E-state index contributed by atoms with van der Waals surface area (Å²) in [7, 11) is 2.63. The molecule has 0 bridgehead atoms. The lowest BCUT2D eigenvalue weighted by molar-refractivity contribution is -0.141. The number of nitrogens with zero attached hydrogens (tertiary/aromatic N) is 1. The standard InChI is InChI=1S/C26H39N4O5P.C4H10N2O/c1-5-19(4)26(35)30(17-31)14-8-6-7-9-22(32)29-24(18(2)3)25(34)27-15-23(33)28-21-12-10-20(16-36)11-13-21;1-2-3-6-4(5)7/h10-13,17,19H,5-9,14-16,36H2,1-4H3,(H,27,34)(H,28,33)(H,29,32);2-3H2,1H3,(H3,5,6,7). The van der Waals surface area contributed by atoms with Crippen molar-refractivity contribution >= 4 is 51.0 Å². The van der Waals surface area contributed by atoms with Crippen LogP contribution in [0.2, 0.25) is 0 Å². The molecule has 0 heterocycles. The van der Waals surface area contributed by atoms with Crippen LogP contribution < -0.4 is 27.0 Å². The van der Waals surface area contributed by atoms with Gasteiger partial charge in [-0.1, -0.05) is 39.3 Å². The lowest BCUT2D eigenvalue weighted by atomic mass is 10.1. The minimum Gasteiger partial charge on any atom is -0.352 e. The molecule has 7 amide bonds. The number of primary amides is 1. The molecule has 2 unspecified atom stereocenters. The van der Waals surface area contributed by atoms with E-state index in [1.54, 1.807) is 32.9 Å². The van der Waals surface area contributed by atoms with Crippen molar-refractivity contribution in [3.05, 3.63) is 41.1 Å². The fraction of sp³-hybridized carbons (Fsp3) is 0.533. The van der Waals surface area contributed by atoms with E-state index < -0.39 is 11.9 Å². The number of allylic oxidation sites excluding steroid dienone is 1. The fourth-order valence-corrected chi connectivity index (χ4v) is 3.73. The first-order valence-electron chi connectivity index (χ1n) is 14.5. The van der Waals surface area contributed by atoms with Crippen molar-refractivity contribution in [1.29, 1.82) is 0 Å². The highest BCUT2D eigenvalue weighted by Crippen LogP contribution is 2.12. The van der Waals surface area contributed by atoms with Gasteiger partial charge in [-0.3, -0.25) is 28.9 Å². The second-order valence-corrected chi connectivity index (χ2v) is 10.5. The van der Waals surface area contributed by atoms with Gasteiger partial charge in [-0.2, -0.15) is 0 Å². The van der Waals surface area contributed by atoms with Gasteiger partial charge in [0.2, 0.25) is 24.1 Å². The summed E-state index contributed by atoms with van der Waals surface area (Å²) in [5.41, 5.74) is 7.21. The van der Waals surface area contributed by atoms with Crippen LogP contribution in [0, 0.1) is 5.92 Å². The summed E-state index contributed by atoms with van der Waals surface area (Å²) in [6.07, 6.45) is 4.97. The number of urea groups is 1. The van der Waals surface area contributed by atoms with Crippen LogP contribution in [0.3, 0.4) is 0 Å². The molecule has 0 spiro atoms. The third-order valence-corrected chi connectivity index (χ3v) is 6.64. The average molecular weight is 621 g/mol. The number of nitrogens with two attached hydrogens (primary N) is 1. The summed E-state index contributed by atoms with van der Waals surface area (Å²) >= 11 is 0. The molecule has 1 rings (SSSR count). The molecular formula is C30H49N6O6P. The molecule has 6 N–H and O–H groups in total. The Morgan fingerprint density at radius 1 is 0.977 bits per heavy atom. The molecule has 1 aromatic carbocycles. The monoisotopic (exact) mass is 620 g/mol. The van der Waals surface area contributed by atoms with Gasteiger partial charge in [-0.15, -0.1) is 9.24 Å². The number of carbonyl (C=O) groups excluding carboxylic acids is 6. The van der Waals surface area contributed by atoms with Crippen molar-refractivity contribution in [1.82, 2.24) is 20.9 Å². The maximum absolute atomic E-state index is 12.6.